The van der Waals surface area contributed by atoms with E-state index in [1.807, 2.05) is 26.8 Å². The Kier molecular flexibility index (Phi) is 2.87. The molecule has 90 valence electrons. The molecule has 0 unspecified atom stereocenters. The van der Waals surface area contributed by atoms with Gasteiger partial charge in [0.1, 0.15) is 5.84 Å². The minimum absolute atomic E-state index is 0.203. The molecule has 1 aromatic heterocycles. The van der Waals surface area contributed by atoms with E-state index in [4.69, 9.17) is 11.1 Å². The largest absolute Gasteiger partial charge is 0.365 e. The fourth-order valence-corrected chi connectivity index (χ4v) is 2.98. The van der Waals surface area contributed by atoms with Gasteiger partial charge in [-0.2, -0.15) is 0 Å². The Morgan fingerprint density at radius 1 is 1.53 bits per heavy atom. The van der Waals surface area contributed by atoms with Crippen LogP contribution in [0.15, 0.2) is 11.6 Å². The third kappa shape index (κ3) is 1.61. The Balaban J connectivity index is 2.67. The van der Waals surface area contributed by atoms with Gasteiger partial charge in [0, 0.05) is 10.6 Å². The van der Waals surface area contributed by atoms with Crippen molar-refractivity contribution >= 4 is 28.4 Å². The molecular formula is C12H15N3OS. The fraction of sp³-hybridized carbons (Fsp3) is 0.333. The Bertz CT molecular complexity index is 554. The quantitative estimate of drug-likeness (QED) is 0.858. The predicted molar refractivity (Wildman–Crippen MR) is 71.3 cm³/mol. The van der Waals surface area contributed by atoms with Gasteiger partial charge in [-0.15, -0.1) is 11.8 Å². The number of carbonyl (C=O) groups excluding carboxylic acids is 1. The van der Waals surface area contributed by atoms with E-state index in [1.165, 1.54) is 0 Å². The number of aryl methyl sites for hydroxylation is 1. The molecule has 0 radical (unpaired) electrons. The summed E-state index contributed by atoms with van der Waals surface area (Å²) in [6, 6.07) is 2.01. The summed E-state index contributed by atoms with van der Waals surface area (Å²) in [4.78, 5) is 12.3. The van der Waals surface area contributed by atoms with E-state index >= 15 is 0 Å². The zero-order valence-electron chi connectivity index (χ0n) is 10.1. The second-order valence-electron chi connectivity index (χ2n) is 3.98. The van der Waals surface area contributed by atoms with Gasteiger partial charge in [0.2, 0.25) is 0 Å². The fourth-order valence-electron chi connectivity index (χ4n) is 2.05. The summed E-state index contributed by atoms with van der Waals surface area (Å²) in [6.45, 7) is 5.98. The molecule has 1 amide bonds. The molecule has 1 aliphatic heterocycles. The standard InChI is InChI=1S/C12H15N3OS/c1-4-17-10-8-5-6(2)7(3)15(8)11(13)9(10)12(14)16/h5,13H,4H2,1-3H3,(H2,14,16). The number of thioether (sulfide) groups is 1. The molecule has 0 atom stereocenters. The molecule has 2 heterocycles. The maximum absolute atomic E-state index is 11.5. The van der Waals surface area contributed by atoms with Crippen molar-refractivity contribution in [3.63, 3.8) is 0 Å². The van der Waals surface area contributed by atoms with Gasteiger partial charge >= 0.3 is 0 Å². The highest BCUT2D eigenvalue weighted by Crippen LogP contribution is 2.38. The van der Waals surface area contributed by atoms with Crippen molar-refractivity contribution in [2.75, 3.05) is 5.75 Å². The number of primary amides is 1. The van der Waals surface area contributed by atoms with Crippen LogP contribution in [0.5, 0.6) is 0 Å². The Morgan fingerprint density at radius 2 is 2.18 bits per heavy atom. The number of hydrogen-bond acceptors (Lipinski definition) is 3. The Hall–Kier alpha value is -1.49. The van der Waals surface area contributed by atoms with Crippen molar-refractivity contribution in [2.24, 2.45) is 5.73 Å². The molecule has 1 aromatic rings. The Morgan fingerprint density at radius 3 is 2.71 bits per heavy atom. The average Bonchev–Trinajstić information content (AvgIpc) is 2.67. The molecule has 0 aromatic carbocycles. The lowest BCUT2D eigenvalue weighted by Gasteiger charge is -2.04. The van der Waals surface area contributed by atoms with Crippen LogP contribution >= 0.6 is 11.8 Å². The first-order valence-electron chi connectivity index (χ1n) is 5.44. The number of aromatic nitrogens is 1. The SMILES string of the molecule is CCSC1=C(C(N)=O)C(=N)n2c1cc(C)c2C. The number of nitrogens with two attached hydrogens (primary N) is 1. The first kappa shape index (κ1) is 12.0. The highest BCUT2D eigenvalue weighted by Gasteiger charge is 2.31. The van der Waals surface area contributed by atoms with Crippen LogP contribution in [0.25, 0.3) is 4.91 Å². The van der Waals surface area contributed by atoms with E-state index in [9.17, 15) is 4.79 Å². The average molecular weight is 249 g/mol. The number of rotatable bonds is 3. The number of nitrogens with zero attached hydrogens (tertiary/aromatic N) is 1. The highest BCUT2D eigenvalue weighted by atomic mass is 32.2. The lowest BCUT2D eigenvalue weighted by atomic mass is 10.2. The summed E-state index contributed by atoms with van der Waals surface area (Å²) in [5.41, 5.74) is 8.76. The second-order valence-corrected chi connectivity index (χ2v) is 5.26. The van der Waals surface area contributed by atoms with Gasteiger partial charge in [-0.1, -0.05) is 6.92 Å². The topological polar surface area (TPSA) is 71.9 Å². The van der Waals surface area contributed by atoms with Crippen molar-refractivity contribution in [1.29, 1.82) is 5.41 Å². The zero-order chi connectivity index (χ0) is 12.7. The molecule has 5 heteroatoms. The van der Waals surface area contributed by atoms with Crippen LogP contribution in [0.4, 0.5) is 0 Å². The third-order valence-corrected chi connectivity index (χ3v) is 3.95. The van der Waals surface area contributed by atoms with Crippen LogP contribution in [0.3, 0.4) is 0 Å². The van der Waals surface area contributed by atoms with E-state index in [2.05, 4.69) is 0 Å². The number of hydrogen-bond donors (Lipinski definition) is 2. The summed E-state index contributed by atoms with van der Waals surface area (Å²) >= 11 is 1.56. The number of amides is 1. The summed E-state index contributed by atoms with van der Waals surface area (Å²) in [6.07, 6.45) is 0. The molecule has 0 fully saturated rings. The van der Waals surface area contributed by atoms with E-state index in [0.717, 1.165) is 27.6 Å². The van der Waals surface area contributed by atoms with Crippen LogP contribution < -0.4 is 5.73 Å². The molecule has 0 saturated heterocycles. The smallest absolute Gasteiger partial charge is 0.253 e. The first-order valence-corrected chi connectivity index (χ1v) is 6.43. The van der Waals surface area contributed by atoms with Crippen LogP contribution in [0, 0.1) is 19.3 Å². The molecular weight excluding hydrogens is 234 g/mol. The summed E-state index contributed by atoms with van der Waals surface area (Å²) in [7, 11) is 0. The lowest BCUT2D eigenvalue weighted by Crippen LogP contribution is -2.22. The molecule has 0 saturated carbocycles. The van der Waals surface area contributed by atoms with E-state index < -0.39 is 5.91 Å². The number of fused-ring (bicyclic) bond motifs is 1. The normalized spacial score (nSPS) is 14.4. The summed E-state index contributed by atoms with van der Waals surface area (Å²) in [5, 5.41) is 8.07. The molecule has 17 heavy (non-hydrogen) atoms. The van der Waals surface area contributed by atoms with Crippen molar-refractivity contribution < 1.29 is 4.79 Å². The summed E-state index contributed by atoms with van der Waals surface area (Å²) < 4.78 is 1.80. The first-order chi connectivity index (χ1) is 7.99. The molecule has 0 bridgehead atoms. The minimum atomic E-state index is -0.522. The van der Waals surface area contributed by atoms with Gasteiger partial charge in [0.05, 0.1) is 11.3 Å². The van der Waals surface area contributed by atoms with Crippen LogP contribution in [-0.4, -0.2) is 22.1 Å². The van der Waals surface area contributed by atoms with Crippen LogP contribution in [0.2, 0.25) is 0 Å². The molecule has 0 spiro atoms. The van der Waals surface area contributed by atoms with Gasteiger partial charge in [-0.05, 0) is 31.2 Å². The second kappa shape index (κ2) is 4.07. The van der Waals surface area contributed by atoms with Gasteiger partial charge in [-0.3, -0.25) is 14.8 Å². The van der Waals surface area contributed by atoms with E-state index in [0.29, 0.717) is 5.57 Å². The van der Waals surface area contributed by atoms with E-state index in [-0.39, 0.29) is 5.84 Å². The minimum Gasteiger partial charge on any atom is -0.365 e. The molecule has 3 N–H and O–H groups in total. The van der Waals surface area contributed by atoms with Gasteiger partial charge in [-0.25, -0.2) is 0 Å². The zero-order valence-corrected chi connectivity index (χ0v) is 10.9. The van der Waals surface area contributed by atoms with Gasteiger partial charge < -0.3 is 5.73 Å². The third-order valence-electron chi connectivity index (χ3n) is 2.96. The van der Waals surface area contributed by atoms with E-state index in [1.54, 1.807) is 16.3 Å². The van der Waals surface area contributed by atoms with Gasteiger partial charge in [0.25, 0.3) is 5.91 Å². The van der Waals surface area contributed by atoms with Crippen molar-refractivity contribution in [1.82, 2.24) is 4.57 Å². The maximum Gasteiger partial charge on any atom is 0.253 e. The summed E-state index contributed by atoms with van der Waals surface area (Å²) in [5.74, 6) is 0.531. The van der Waals surface area contributed by atoms with Gasteiger partial charge in [0.15, 0.2) is 0 Å². The molecule has 4 nitrogen and oxygen atoms in total. The maximum atomic E-state index is 11.5. The van der Waals surface area contributed by atoms with Crippen molar-refractivity contribution in [2.45, 2.75) is 20.8 Å². The number of nitrogens with one attached hydrogen (secondary N) is 1. The molecule has 1 aliphatic rings. The predicted octanol–water partition coefficient (Wildman–Crippen LogP) is 1.89. The molecule has 0 aliphatic carbocycles. The Labute approximate surface area is 104 Å². The van der Waals surface area contributed by atoms with Crippen molar-refractivity contribution in [3.05, 3.63) is 28.6 Å². The monoisotopic (exact) mass is 249 g/mol. The molecule has 2 rings (SSSR count). The highest BCUT2D eigenvalue weighted by molar-refractivity contribution is 8.08. The number of carbonyl (C=O) groups is 1. The van der Waals surface area contributed by atoms with Crippen LogP contribution in [0.1, 0.15) is 23.9 Å². The van der Waals surface area contributed by atoms with Crippen molar-refractivity contribution in [3.8, 4) is 0 Å². The lowest BCUT2D eigenvalue weighted by molar-refractivity contribution is -0.114. The van der Waals surface area contributed by atoms with Crippen LogP contribution in [-0.2, 0) is 4.79 Å².